The topological polar surface area (TPSA) is 66.9 Å². The number of likely N-dealkylation sites (N-methyl/N-ethyl adjacent to an activating group) is 1. The lowest BCUT2D eigenvalue weighted by molar-refractivity contribution is -0.140. The fourth-order valence-electron chi connectivity index (χ4n) is 3.16. The third kappa shape index (κ3) is 3.51. The van der Waals surface area contributed by atoms with Crippen molar-refractivity contribution in [2.75, 3.05) is 33.0 Å². The van der Waals surface area contributed by atoms with Crippen molar-refractivity contribution in [2.45, 2.75) is 44.2 Å². The minimum absolute atomic E-state index is 0.0310. The Morgan fingerprint density at radius 1 is 1.25 bits per heavy atom. The molecule has 0 radical (unpaired) electrons. The van der Waals surface area contributed by atoms with E-state index in [0.717, 1.165) is 12.8 Å². The first-order valence-corrected chi connectivity index (χ1v) is 8.81. The Kier molecular flexibility index (Phi) is 5.04. The number of esters is 1. The van der Waals surface area contributed by atoms with E-state index < -0.39 is 10.0 Å². The maximum atomic E-state index is 12.3. The zero-order valence-electron chi connectivity index (χ0n) is 12.2. The number of ether oxygens (including phenoxy) is 1. The molecule has 0 saturated carbocycles. The number of hydrogen-bond donors (Lipinski definition) is 0. The molecule has 2 aliphatic heterocycles. The van der Waals surface area contributed by atoms with Crippen molar-refractivity contribution in [2.24, 2.45) is 0 Å². The Morgan fingerprint density at radius 3 is 2.65 bits per heavy atom. The van der Waals surface area contributed by atoms with E-state index in [0.29, 0.717) is 31.6 Å². The van der Waals surface area contributed by atoms with Gasteiger partial charge in [0.05, 0.1) is 12.9 Å². The summed E-state index contributed by atoms with van der Waals surface area (Å²) in [5.41, 5.74) is 0. The molecule has 2 bridgehead atoms. The molecule has 2 heterocycles. The van der Waals surface area contributed by atoms with Gasteiger partial charge in [0.1, 0.15) is 0 Å². The summed E-state index contributed by atoms with van der Waals surface area (Å²) in [6.07, 6.45) is 3.65. The van der Waals surface area contributed by atoms with Gasteiger partial charge >= 0.3 is 5.97 Å². The zero-order chi connectivity index (χ0) is 14.8. The first kappa shape index (κ1) is 15.7. The van der Waals surface area contributed by atoms with Gasteiger partial charge in [-0.05, 0) is 32.7 Å². The number of methoxy groups -OCH3 is 1. The van der Waals surface area contributed by atoms with Crippen molar-refractivity contribution in [3.05, 3.63) is 0 Å². The Morgan fingerprint density at radius 2 is 1.95 bits per heavy atom. The second-order valence-electron chi connectivity index (χ2n) is 5.69. The van der Waals surface area contributed by atoms with Crippen molar-refractivity contribution >= 4 is 16.0 Å². The van der Waals surface area contributed by atoms with Gasteiger partial charge in [-0.1, -0.05) is 0 Å². The van der Waals surface area contributed by atoms with E-state index in [9.17, 15) is 13.2 Å². The van der Waals surface area contributed by atoms with Crippen LogP contribution in [0.3, 0.4) is 0 Å². The third-order valence-electron chi connectivity index (χ3n) is 4.52. The summed E-state index contributed by atoms with van der Waals surface area (Å²) >= 11 is 0. The smallest absolute Gasteiger partial charge is 0.305 e. The second-order valence-corrected chi connectivity index (χ2v) is 7.78. The minimum Gasteiger partial charge on any atom is -0.469 e. The highest BCUT2D eigenvalue weighted by atomic mass is 32.2. The molecule has 2 unspecified atom stereocenters. The molecule has 2 atom stereocenters. The van der Waals surface area contributed by atoms with Crippen LogP contribution in [0.1, 0.15) is 32.1 Å². The van der Waals surface area contributed by atoms with Crippen molar-refractivity contribution in [3.63, 3.8) is 0 Å². The number of sulfonamides is 1. The Labute approximate surface area is 121 Å². The van der Waals surface area contributed by atoms with Gasteiger partial charge < -0.3 is 4.74 Å². The summed E-state index contributed by atoms with van der Waals surface area (Å²) < 4.78 is 30.8. The maximum Gasteiger partial charge on any atom is 0.305 e. The molecule has 0 amide bonds. The van der Waals surface area contributed by atoms with Crippen LogP contribution in [0.4, 0.5) is 0 Å². The largest absolute Gasteiger partial charge is 0.469 e. The monoisotopic (exact) mass is 304 g/mol. The van der Waals surface area contributed by atoms with Crippen LogP contribution in [0.25, 0.3) is 0 Å². The third-order valence-corrected chi connectivity index (χ3v) is 6.44. The van der Waals surface area contributed by atoms with E-state index in [-0.39, 0.29) is 18.1 Å². The van der Waals surface area contributed by atoms with Gasteiger partial charge in [-0.2, -0.15) is 0 Å². The van der Waals surface area contributed by atoms with Gasteiger partial charge in [0.2, 0.25) is 10.0 Å². The summed E-state index contributed by atoms with van der Waals surface area (Å²) in [5, 5.41) is 0. The minimum atomic E-state index is -3.26. The van der Waals surface area contributed by atoms with Crippen LogP contribution < -0.4 is 0 Å². The number of carbonyl (C=O) groups excluding carboxylic acids is 1. The molecule has 6 nitrogen and oxygen atoms in total. The van der Waals surface area contributed by atoms with Crippen molar-refractivity contribution in [1.29, 1.82) is 0 Å². The number of rotatable bonds is 5. The van der Waals surface area contributed by atoms with Crippen LogP contribution in [0.2, 0.25) is 0 Å². The first-order valence-electron chi connectivity index (χ1n) is 7.20. The molecule has 2 rings (SSSR count). The molecular formula is C13H24N2O4S. The molecule has 0 spiro atoms. The highest BCUT2D eigenvalue weighted by Gasteiger charge is 2.37. The fourth-order valence-corrected chi connectivity index (χ4v) is 4.71. The van der Waals surface area contributed by atoms with E-state index in [2.05, 4.69) is 16.7 Å². The van der Waals surface area contributed by atoms with E-state index >= 15 is 0 Å². The van der Waals surface area contributed by atoms with E-state index in [4.69, 9.17) is 0 Å². The van der Waals surface area contributed by atoms with Crippen molar-refractivity contribution < 1.29 is 17.9 Å². The number of nitrogens with zero attached hydrogens (tertiary/aromatic N) is 2. The summed E-state index contributed by atoms with van der Waals surface area (Å²) in [5.74, 6) is -0.321. The standard InChI is InChI=1S/C13H24N2O4S/c1-14-11-5-6-12(14)10-15(8-7-11)20(17,18)9-3-4-13(16)19-2/h11-12H,3-10H2,1-2H3. The first-order chi connectivity index (χ1) is 9.44. The highest BCUT2D eigenvalue weighted by Crippen LogP contribution is 2.29. The SMILES string of the molecule is COC(=O)CCCS(=O)(=O)N1CCC2CCC(C1)N2C. The molecule has 0 aromatic heterocycles. The van der Waals surface area contributed by atoms with Crippen LogP contribution in [-0.4, -0.2) is 68.7 Å². The number of carbonyl (C=O) groups is 1. The number of fused-ring (bicyclic) bond motifs is 2. The van der Waals surface area contributed by atoms with Crippen LogP contribution in [0.5, 0.6) is 0 Å². The molecule has 0 aromatic rings. The molecule has 2 fully saturated rings. The predicted octanol–water partition coefficient (Wildman–Crippen LogP) is 0.438. The normalized spacial score (nSPS) is 28.3. The van der Waals surface area contributed by atoms with E-state index in [1.54, 1.807) is 4.31 Å². The average molecular weight is 304 g/mol. The molecule has 2 aliphatic rings. The van der Waals surface area contributed by atoms with Gasteiger partial charge in [-0.15, -0.1) is 0 Å². The second kappa shape index (κ2) is 6.41. The highest BCUT2D eigenvalue weighted by molar-refractivity contribution is 7.89. The van der Waals surface area contributed by atoms with Gasteiger partial charge in [0, 0.05) is 31.6 Å². The lowest BCUT2D eigenvalue weighted by Gasteiger charge is -2.25. The summed E-state index contributed by atoms with van der Waals surface area (Å²) in [6, 6.07) is 0.869. The molecular weight excluding hydrogens is 280 g/mol. The van der Waals surface area contributed by atoms with Crippen molar-refractivity contribution in [3.8, 4) is 0 Å². The molecule has 7 heteroatoms. The molecule has 2 saturated heterocycles. The lowest BCUT2D eigenvalue weighted by Crippen LogP contribution is -2.40. The fraction of sp³-hybridized carbons (Fsp3) is 0.923. The van der Waals surface area contributed by atoms with Crippen LogP contribution >= 0.6 is 0 Å². The lowest BCUT2D eigenvalue weighted by atomic mass is 10.1. The summed E-state index contributed by atoms with van der Waals surface area (Å²) in [4.78, 5) is 13.4. The van der Waals surface area contributed by atoms with Crippen LogP contribution in [0.15, 0.2) is 0 Å². The molecule has 0 N–H and O–H groups in total. The van der Waals surface area contributed by atoms with E-state index in [1.165, 1.54) is 13.5 Å². The van der Waals surface area contributed by atoms with E-state index in [1.807, 2.05) is 0 Å². The average Bonchev–Trinajstić information content (AvgIpc) is 2.62. The Hall–Kier alpha value is -0.660. The molecule has 0 aliphatic carbocycles. The number of hydrogen-bond acceptors (Lipinski definition) is 5. The van der Waals surface area contributed by atoms with Gasteiger partial charge in [0.25, 0.3) is 0 Å². The Bertz CT molecular complexity index is 451. The molecule has 0 aromatic carbocycles. The molecule has 116 valence electrons. The maximum absolute atomic E-state index is 12.3. The predicted molar refractivity (Wildman–Crippen MR) is 75.8 cm³/mol. The van der Waals surface area contributed by atoms with Crippen molar-refractivity contribution in [1.82, 2.24) is 9.21 Å². The Balaban J connectivity index is 1.91. The molecule has 20 heavy (non-hydrogen) atoms. The van der Waals surface area contributed by atoms with Gasteiger partial charge in [0.15, 0.2) is 0 Å². The summed E-state index contributed by atoms with van der Waals surface area (Å²) in [7, 11) is 0.153. The van der Waals surface area contributed by atoms with Crippen LogP contribution in [-0.2, 0) is 19.6 Å². The van der Waals surface area contributed by atoms with Gasteiger partial charge in [-0.25, -0.2) is 12.7 Å². The summed E-state index contributed by atoms with van der Waals surface area (Å²) in [6.45, 7) is 1.19. The van der Waals surface area contributed by atoms with Crippen LogP contribution in [0, 0.1) is 0 Å². The zero-order valence-corrected chi connectivity index (χ0v) is 13.1. The van der Waals surface area contributed by atoms with Gasteiger partial charge in [-0.3, -0.25) is 9.69 Å². The quantitative estimate of drug-likeness (QED) is 0.689.